The molecule has 1 N–H and O–H groups in total. The number of ether oxygens (including phenoxy) is 1. The Kier molecular flexibility index (Phi) is 4.59. The average Bonchev–Trinajstić information content (AvgIpc) is 2.96. The first-order chi connectivity index (χ1) is 12.2. The van der Waals surface area contributed by atoms with Gasteiger partial charge in [0.15, 0.2) is 5.75 Å². The van der Waals surface area contributed by atoms with Crippen LogP contribution in [-0.2, 0) is 0 Å². The van der Waals surface area contributed by atoms with Gasteiger partial charge in [0.1, 0.15) is 5.75 Å². The molecule has 130 valence electrons. The van der Waals surface area contributed by atoms with Crippen LogP contribution in [0.5, 0.6) is 11.5 Å². The van der Waals surface area contributed by atoms with E-state index in [0.29, 0.717) is 22.1 Å². The van der Waals surface area contributed by atoms with Gasteiger partial charge in [-0.1, -0.05) is 11.6 Å². The molecule has 2 fully saturated rings. The number of nitrogens with one attached hydrogen (secondary N) is 1. The summed E-state index contributed by atoms with van der Waals surface area (Å²) in [5.74, 6) is 1.82. The molecule has 2 bridgehead atoms. The van der Waals surface area contributed by atoms with E-state index >= 15 is 0 Å². The van der Waals surface area contributed by atoms with Gasteiger partial charge in [-0.25, -0.2) is 0 Å². The van der Waals surface area contributed by atoms with Crippen molar-refractivity contribution in [3.05, 3.63) is 53.3 Å². The number of fused-ring (bicyclic) bond motifs is 2. The Hall–Kier alpha value is -2.11. The topological polar surface area (TPSA) is 54.5 Å². The van der Waals surface area contributed by atoms with Crippen molar-refractivity contribution in [2.75, 3.05) is 19.6 Å². The molecule has 2 aromatic rings. The van der Waals surface area contributed by atoms with Crippen LogP contribution in [0.3, 0.4) is 0 Å². The molecule has 0 radical (unpaired) electrons. The van der Waals surface area contributed by atoms with E-state index in [9.17, 15) is 4.79 Å². The molecule has 2 aliphatic rings. The third-order valence-electron chi connectivity index (χ3n) is 4.88. The predicted octanol–water partition coefficient (Wildman–Crippen LogP) is 3.35. The molecule has 1 amide bonds. The smallest absolute Gasteiger partial charge is 0.251 e. The fourth-order valence-corrected chi connectivity index (χ4v) is 3.82. The largest absolute Gasteiger partial charge is 0.454 e. The van der Waals surface area contributed by atoms with Crippen LogP contribution in [0.25, 0.3) is 0 Å². The standard InChI is InChI=1S/C19H20ClN3O2/c20-17-5-7-21-10-18(17)25-16-3-1-14(2-4-16)19(24)22-15-9-13-6-8-23(11-13)12-15/h1-5,7,10,13,15H,6,8-9,11-12H2,(H,22,24)/t13-,15-/m1/s1. The Morgan fingerprint density at radius 3 is 2.84 bits per heavy atom. The first-order valence-electron chi connectivity index (χ1n) is 8.58. The first-order valence-corrected chi connectivity index (χ1v) is 8.96. The van der Waals surface area contributed by atoms with Crippen LogP contribution in [-0.4, -0.2) is 41.5 Å². The molecule has 5 nitrogen and oxygen atoms in total. The van der Waals surface area contributed by atoms with Crippen LogP contribution in [0.15, 0.2) is 42.7 Å². The maximum Gasteiger partial charge on any atom is 0.251 e. The highest BCUT2D eigenvalue weighted by atomic mass is 35.5. The van der Waals surface area contributed by atoms with E-state index < -0.39 is 0 Å². The van der Waals surface area contributed by atoms with Gasteiger partial charge in [-0.3, -0.25) is 9.78 Å². The van der Waals surface area contributed by atoms with Crippen LogP contribution in [0.1, 0.15) is 23.2 Å². The number of nitrogens with zero attached hydrogens (tertiary/aromatic N) is 2. The number of rotatable bonds is 4. The maximum atomic E-state index is 12.5. The zero-order valence-electron chi connectivity index (χ0n) is 13.8. The molecule has 6 heteroatoms. The summed E-state index contributed by atoms with van der Waals surface area (Å²) in [6.45, 7) is 3.32. The molecule has 1 aromatic heterocycles. The molecule has 0 spiro atoms. The molecule has 3 heterocycles. The Balaban J connectivity index is 1.38. The summed E-state index contributed by atoms with van der Waals surface area (Å²) in [7, 11) is 0. The van der Waals surface area contributed by atoms with Crippen molar-refractivity contribution in [1.82, 2.24) is 15.2 Å². The molecule has 3 atom stereocenters. The average molecular weight is 358 g/mol. The normalized spacial score (nSPS) is 24.8. The SMILES string of the molecule is O=C(N[C@@H]1C[C@H]2CCN(C2)C1)c1ccc(Oc2cnccc2Cl)cc1. The van der Waals surface area contributed by atoms with E-state index in [1.807, 2.05) is 0 Å². The monoisotopic (exact) mass is 357 g/mol. The maximum absolute atomic E-state index is 12.5. The van der Waals surface area contributed by atoms with Crippen molar-refractivity contribution in [3.63, 3.8) is 0 Å². The number of pyridine rings is 1. The van der Waals surface area contributed by atoms with Crippen LogP contribution in [0.2, 0.25) is 5.02 Å². The molecule has 2 saturated heterocycles. The number of carbonyl (C=O) groups is 1. The number of carbonyl (C=O) groups excluding carboxylic acids is 1. The van der Waals surface area contributed by atoms with E-state index in [2.05, 4.69) is 15.2 Å². The number of hydrogen-bond acceptors (Lipinski definition) is 4. The minimum absolute atomic E-state index is 0.0292. The molecular weight excluding hydrogens is 338 g/mol. The zero-order chi connectivity index (χ0) is 17.2. The summed E-state index contributed by atoms with van der Waals surface area (Å²) in [6, 6.07) is 9.00. The highest BCUT2D eigenvalue weighted by Crippen LogP contribution is 2.29. The number of piperidine rings is 1. The second kappa shape index (κ2) is 7.02. The van der Waals surface area contributed by atoms with Crippen molar-refractivity contribution in [1.29, 1.82) is 0 Å². The van der Waals surface area contributed by atoms with Crippen LogP contribution >= 0.6 is 11.6 Å². The number of aromatic nitrogens is 1. The summed E-state index contributed by atoms with van der Waals surface area (Å²) < 4.78 is 5.70. The van der Waals surface area contributed by atoms with Gasteiger partial charge >= 0.3 is 0 Å². The first kappa shape index (κ1) is 16.4. The minimum Gasteiger partial charge on any atom is -0.454 e. The second-order valence-electron chi connectivity index (χ2n) is 6.75. The molecule has 2 aliphatic heterocycles. The van der Waals surface area contributed by atoms with E-state index in [0.717, 1.165) is 18.9 Å². The molecule has 1 aromatic carbocycles. The van der Waals surface area contributed by atoms with Gasteiger partial charge in [-0.2, -0.15) is 0 Å². The number of halogens is 1. The van der Waals surface area contributed by atoms with E-state index in [-0.39, 0.29) is 11.9 Å². The fourth-order valence-electron chi connectivity index (χ4n) is 3.67. The Morgan fingerprint density at radius 2 is 2.08 bits per heavy atom. The van der Waals surface area contributed by atoms with E-state index in [1.165, 1.54) is 19.5 Å². The summed E-state index contributed by atoms with van der Waals surface area (Å²) in [6.07, 6.45) is 5.52. The molecular formula is C19H20ClN3O2. The predicted molar refractivity (Wildman–Crippen MR) is 96.2 cm³/mol. The Bertz CT molecular complexity index is 754. The van der Waals surface area contributed by atoms with Gasteiger partial charge in [0, 0.05) is 30.9 Å². The lowest BCUT2D eigenvalue weighted by Gasteiger charge is -2.30. The van der Waals surface area contributed by atoms with Crippen molar-refractivity contribution in [2.45, 2.75) is 18.9 Å². The zero-order valence-corrected chi connectivity index (χ0v) is 14.6. The van der Waals surface area contributed by atoms with Gasteiger partial charge in [-0.05, 0) is 55.6 Å². The number of hydrogen-bond donors (Lipinski definition) is 1. The molecule has 1 unspecified atom stereocenters. The fraction of sp³-hybridized carbons (Fsp3) is 0.368. The number of amides is 1. The van der Waals surface area contributed by atoms with Crippen LogP contribution in [0.4, 0.5) is 0 Å². The van der Waals surface area contributed by atoms with Crippen molar-refractivity contribution in [2.24, 2.45) is 5.92 Å². The summed E-state index contributed by atoms with van der Waals surface area (Å²) in [5.41, 5.74) is 0.637. The molecule has 0 aliphatic carbocycles. The quantitative estimate of drug-likeness (QED) is 0.911. The van der Waals surface area contributed by atoms with Gasteiger partial charge in [-0.15, -0.1) is 0 Å². The van der Waals surface area contributed by atoms with Crippen molar-refractivity contribution < 1.29 is 9.53 Å². The molecule has 0 saturated carbocycles. The summed E-state index contributed by atoms with van der Waals surface area (Å²) in [5, 5.41) is 3.66. The minimum atomic E-state index is -0.0292. The highest BCUT2D eigenvalue weighted by molar-refractivity contribution is 6.32. The van der Waals surface area contributed by atoms with Crippen molar-refractivity contribution >= 4 is 17.5 Å². The lowest BCUT2D eigenvalue weighted by atomic mass is 9.96. The van der Waals surface area contributed by atoms with Gasteiger partial charge in [0.05, 0.1) is 11.2 Å². The second-order valence-corrected chi connectivity index (χ2v) is 7.16. The third kappa shape index (κ3) is 3.78. The highest BCUT2D eigenvalue weighted by Gasteiger charge is 2.32. The molecule has 25 heavy (non-hydrogen) atoms. The van der Waals surface area contributed by atoms with Gasteiger partial charge < -0.3 is 15.0 Å². The van der Waals surface area contributed by atoms with E-state index in [4.69, 9.17) is 16.3 Å². The van der Waals surface area contributed by atoms with Gasteiger partial charge in [0.25, 0.3) is 5.91 Å². The van der Waals surface area contributed by atoms with Gasteiger partial charge in [0.2, 0.25) is 0 Å². The summed E-state index contributed by atoms with van der Waals surface area (Å²) >= 11 is 6.06. The van der Waals surface area contributed by atoms with E-state index in [1.54, 1.807) is 42.7 Å². The summed E-state index contributed by atoms with van der Waals surface area (Å²) in [4.78, 5) is 18.9. The van der Waals surface area contributed by atoms with Crippen LogP contribution < -0.4 is 10.1 Å². The molecule has 4 rings (SSSR count). The van der Waals surface area contributed by atoms with Crippen LogP contribution in [0, 0.1) is 5.92 Å². The lowest BCUT2D eigenvalue weighted by Crippen LogP contribution is -2.46. The third-order valence-corrected chi connectivity index (χ3v) is 5.19. The number of benzene rings is 1. The Labute approximate surface area is 152 Å². The van der Waals surface area contributed by atoms with Crippen molar-refractivity contribution in [3.8, 4) is 11.5 Å². The Morgan fingerprint density at radius 1 is 1.24 bits per heavy atom. The lowest BCUT2D eigenvalue weighted by molar-refractivity contribution is 0.0909.